The van der Waals surface area contributed by atoms with Gasteiger partial charge in [-0.3, -0.25) is 19.6 Å². The maximum Gasteiger partial charge on any atom is 0.259 e. The molecule has 13 nitrogen and oxygen atoms in total. The van der Waals surface area contributed by atoms with Crippen LogP contribution in [0.1, 0.15) is 33.4 Å². The van der Waals surface area contributed by atoms with E-state index < -0.39 is 5.91 Å². The minimum absolute atomic E-state index is 0.0305. The Balaban J connectivity index is 1.33. The summed E-state index contributed by atoms with van der Waals surface area (Å²) in [6, 6.07) is 16.2. The van der Waals surface area contributed by atoms with Gasteiger partial charge in [0.25, 0.3) is 11.8 Å². The van der Waals surface area contributed by atoms with Crippen LogP contribution >= 0.6 is 11.6 Å². The Morgan fingerprint density at radius 2 is 1.73 bits per heavy atom. The number of piperazine rings is 1. The molecule has 2 heterocycles. The quantitative estimate of drug-likeness (QED) is 0.220. The second-order valence-corrected chi connectivity index (χ2v) is 10.7. The number of para-hydroxylation sites is 1. The van der Waals surface area contributed by atoms with Crippen LogP contribution < -0.4 is 25.5 Å². The van der Waals surface area contributed by atoms with Gasteiger partial charge in [-0.1, -0.05) is 28.9 Å². The van der Waals surface area contributed by atoms with Crippen LogP contribution in [0.4, 0.5) is 22.7 Å². The Hall–Kier alpha value is -5.11. The summed E-state index contributed by atoms with van der Waals surface area (Å²) in [6.07, 6.45) is 0. The molecule has 1 aliphatic heterocycles. The highest BCUT2D eigenvalue weighted by Gasteiger charge is 2.30. The smallest absolute Gasteiger partial charge is 0.259 e. The largest absolute Gasteiger partial charge is 0.733 e. The number of aryl methyl sites for hydroxylation is 1. The molecule has 1 saturated heterocycles. The van der Waals surface area contributed by atoms with Gasteiger partial charge in [0.2, 0.25) is 5.91 Å². The third-order valence-corrected chi connectivity index (χ3v) is 7.64. The highest BCUT2D eigenvalue weighted by molar-refractivity contribution is 6.34. The van der Waals surface area contributed by atoms with Crippen LogP contribution in [0.25, 0.3) is 11.3 Å². The molecule has 0 bridgehead atoms. The molecule has 0 aliphatic carbocycles. The summed E-state index contributed by atoms with van der Waals surface area (Å²) in [5, 5.41) is 30.9. The molecule has 3 N–H and O–H groups in total. The maximum absolute atomic E-state index is 13.7. The molecule has 234 valence electrons. The van der Waals surface area contributed by atoms with Crippen LogP contribution in [0, 0.1) is 12.1 Å². The Morgan fingerprint density at radius 3 is 2.38 bits per heavy atom. The zero-order chi connectivity index (χ0) is 32.2. The van der Waals surface area contributed by atoms with Crippen molar-refractivity contribution in [2.45, 2.75) is 13.8 Å². The summed E-state index contributed by atoms with van der Waals surface area (Å²) < 4.78 is 10.9. The third kappa shape index (κ3) is 6.70. The number of aromatic nitrogens is 1. The molecule has 1 fully saturated rings. The molecule has 4 aromatic rings. The lowest BCUT2D eigenvalue weighted by Crippen LogP contribution is -2.49. The van der Waals surface area contributed by atoms with E-state index in [1.165, 1.54) is 31.2 Å². The van der Waals surface area contributed by atoms with E-state index in [0.29, 0.717) is 65.9 Å². The van der Waals surface area contributed by atoms with E-state index in [-0.39, 0.29) is 39.0 Å². The summed E-state index contributed by atoms with van der Waals surface area (Å²) in [5.41, 5.74) is 2.43. The summed E-state index contributed by atoms with van der Waals surface area (Å²) in [6.45, 7) is 4.50. The molecule has 0 saturated carbocycles. The van der Waals surface area contributed by atoms with Crippen molar-refractivity contribution in [2.75, 3.05) is 54.0 Å². The number of hydrogen-bond donors (Lipinski definition) is 3. The number of nitrogens with one attached hydrogen (secondary N) is 2. The standard InChI is InChI=1S/C31H30ClN6O7/c1-18-28(29(35-45-18)22-6-4-5-7-27(22)44-3)31(41)37-14-12-36(13-15-37)25-17-24(26(38(42)43)16-23(25)32)34-30(40)20-8-10-21(11-9-20)33-19(2)39/h4-11,16-17,42H,12-15H2,1-3H3,(H,33,39)(H,34,40)/q-1. The Bertz CT molecular complexity index is 1730. The number of halogens is 1. The molecule has 0 atom stereocenters. The Morgan fingerprint density at radius 1 is 1.04 bits per heavy atom. The van der Waals surface area contributed by atoms with Crippen molar-refractivity contribution < 1.29 is 28.9 Å². The van der Waals surface area contributed by atoms with Gasteiger partial charge in [0.1, 0.15) is 22.8 Å². The average molecular weight is 634 g/mol. The van der Waals surface area contributed by atoms with Gasteiger partial charge in [0.05, 0.1) is 29.2 Å². The highest BCUT2D eigenvalue weighted by Crippen LogP contribution is 2.38. The first-order chi connectivity index (χ1) is 21.6. The van der Waals surface area contributed by atoms with Crippen LogP contribution in [0.2, 0.25) is 5.02 Å². The fraction of sp³-hybridized carbons (Fsp3) is 0.226. The number of amides is 3. The van der Waals surface area contributed by atoms with Crippen LogP contribution in [0.3, 0.4) is 0 Å². The lowest BCUT2D eigenvalue weighted by molar-refractivity contribution is -0.114. The number of carbonyl (C=O) groups is 3. The molecule has 45 heavy (non-hydrogen) atoms. The minimum Gasteiger partial charge on any atom is -0.733 e. The van der Waals surface area contributed by atoms with Crippen LogP contribution in [-0.4, -0.2) is 66.3 Å². The molecule has 1 aromatic heterocycles. The summed E-state index contributed by atoms with van der Waals surface area (Å²) in [4.78, 5) is 41.6. The molecule has 3 amide bonds. The van der Waals surface area contributed by atoms with Crippen molar-refractivity contribution in [3.63, 3.8) is 0 Å². The Kier molecular flexibility index (Phi) is 9.23. The van der Waals surface area contributed by atoms with Gasteiger partial charge < -0.3 is 40.1 Å². The molecule has 1 aliphatic rings. The predicted octanol–water partition coefficient (Wildman–Crippen LogP) is 5.18. The van der Waals surface area contributed by atoms with E-state index in [0.717, 1.165) is 0 Å². The van der Waals surface area contributed by atoms with Crippen LogP contribution in [0.5, 0.6) is 5.75 Å². The minimum atomic E-state index is -0.550. The number of anilines is 4. The number of rotatable bonds is 8. The number of benzene rings is 3. The van der Waals surface area contributed by atoms with Crippen LogP contribution in [0.15, 0.2) is 65.2 Å². The van der Waals surface area contributed by atoms with Gasteiger partial charge in [0.15, 0.2) is 0 Å². The third-order valence-electron chi connectivity index (χ3n) is 7.33. The predicted molar refractivity (Wildman–Crippen MR) is 169 cm³/mol. The lowest BCUT2D eigenvalue weighted by atomic mass is 10.0. The van der Waals surface area contributed by atoms with Gasteiger partial charge >= 0.3 is 0 Å². The van der Waals surface area contributed by atoms with Crippen LogP contribution in [-0.2, 0) is 4.79 Å². The van der Waals surface area contributed by atoms with Gasteiger partial charge in [-0.15, -0.1) is 0 Å². The first-order valence-electron chi connectivity index (χ1n) is 13.9. The molecule has 14 heteroatoms. The maximum atomic E-state index is 13.7. The van der Waals surface area contributed by atoms with Crippen molar-refractivity contribution in [3.05, 3.63) is 87.8 Å². The fourth-order valence-electron chi connectivity index (χ4n) is 5.11. The van der Waals surface area contributed by atoms with E-state index in [1.54, 1.807) is 37.1 Å². The van der Waals surface area contributed by atoms with Gasteiger partial charge in [-0.05, 0) is 55.5 Å². The molecule has 0 radical (unpaired) electrons. The fourth-order valence-corrected chi connectivity index (χ4v) is 5.39. The van der Waals surface area contributed by atoms with Gasteiger partial charge in [-0.25, -0.2) is 0 Å². The molecule has 0 unspecified atom stereocenters. The number of methoxy groups -OCH3 is 1. The normalized spacial score (nSPS) is 12.9. The van der Waals surface area contributed by atoms with Crippen molar-refractivity contribution in [1.29, 1.82) is 0 Å². The number of carbonyl (C=O) groups excluding carboxylic acids is 3. The van der Waals surface area contributed by atoms with Crippen molar-refractivity contribution in [2.24, 2.45) is 0 Å². The molecule has 3 aromatic carbocycles. The Labute approximate surface area is 263 Å². The topological polar surface area (TPSA) is 164 Å². The molecular weight excluding hydrogens is 604 g/mol. The lowest BCUT2D eigenvalue weighted by Gasteiger charge is -2.37. The number of hydrogen-bond acceptors (Lipinski definition) is 10. The second kappa shape index (κ2) is 13.3. The molecule has 0 spiro atoms. The summed E-state index contributed by atoms with van der Waals surface area (Å²) in [7, 11) is 1.54. The van der Waals surface area contributed by atoms with E-state index >= 15 is 0 Å². The van der Waals surface area contributed by atoms with Gasteiger partial charge in [0, 0.05) is 49.9 Å². The van der Waals surface area contributed by atoms with E-state index in [4.69, 9.17) is 20.9 Å². The zero-order valence-electron chi connectivity index (χ0n) is 24.7. The first kappa shape index (κ1) is 31.3. The SMILES string of the molecule is COc1ccccc1-c1noc(C)c1C(=O)N1CCN(c2cc(NC(=O)c3ccc(NC(C)=O)cc3)c(N([O-])O)cc2Cl)CC1. The summed E-state index contributed by atoms with van der Waals surface area (Å²) >= 11 is 6.53. The first-order valence-corrected chi connectivity index (χ1v) is 14.3. The van der Waals surface area contributed by atoms with Gasteiger partial charge in [-0.2, -0.15) is 0 Å². The zero-order valence-corrected chi connectivity index (χ0v) is 25.4. The van der Waals surface area contributed by atoms with Crippen molar-refractivity contribution in [1.82, 2.24) is 10.1 Å². The monoisotopic (exact) mass is 633 g/mol. The number of ether oxygens (including phenoxy) is 1. The van der Waals surface area contributed by atoms with E-state index in [9.17, 15) is 24.8 Å². The summed E-state index contributed by atoms with van der Waals surface area (Å²) in [5.74, 6) is -0.0903. The van der Waals surface area contributed by atoms with Crippen molar-refractivity contribution in [3.8, 4) is 17.0 Å². The van der Waals surface area contributed by atoms with Crippen molar-refractivity contribution >= 4 is 52.1 Å². The molecular formula is C31H30ClN6O7-. The van der Waals surface area contributed by atoms with E-state index in [2.05, 4.69) is 15.8 Å². The second-order valence-electron chi connectivity index (χ2n) is 10.2. The highest BCUT2D eigenvalue weighted by atomic mass is 35.5. The molecule has 5 rings (SSSR count). The number of nitrogens with zero attached hydrogens (tertiary/aromatic N) is 4. The van der Waals surface area contributed by atoms with E-state index in [1.807, 2.05) is 23.1 Å². The average Bonchev–Trinajstić information content (AvgIpc) is 3.42.